The Labute approximate surface area is 140 Å². The van der Waals surface area contributed by atoms with E-state index in [1.165, 1.54) is 0 Å². The number of hydrogen-bond acceptors (Lipinski definition) is 6. The van der Waals surface area contributed by atoms with Gasteiger partial charge >= 0.3 is 0 Å². The first-order valence-electron chi connectivity index (χ1n) is 7.74. The highest BCUT2D eigenvalue weighted by Gasteiger charge is 2.26. The highest BCUT2D eigenvalue weighted by molar-refractivity contribution is 5.56. The molecule has 0 aliphatic rings. The van der Waals surface area contributed by atoms with Crippen molar-refractivity contribution in [3.05, 3.63) is 59.8 Å². The molecule has 2 N–H and O–H groups in total. The molecule has 0 amide bonds. The van der Waals surface area contributed by atoms with Gasteiger partial charge in [0.15, 0.2) is 5.82 Å². The number of nitrogens with zero attached hydrogens (tertiary/aromatic N) is 3. The second-order valence-electron chi connectivity index (χ2n) is 5.93. The summed E-state index contributed by atoms with van der Waals surface area (Å²) in [6, 6.07) is 9.12. The lowest BCUT2D eigenvalue weighted by Crippen LogP contribution is -2.30. The first-order valence-corrected chi connectivity index (χ1v) is 7.74. The third-order valence-electron chi connectivity index (χ3n) is 3.94. The van der Waals surface area contributed by atoms with Gasteiger partial charge < -0.3 is 14.8 Å². The molecule has 6 nitrogen and oxygen atoms in total. The zero-order valence-corrected chi connectivity index (χ0v) is 13.9. The summed E-state index contributed by atoms with van der Waals surface area (Å²) in [4.78, 5) is 13.4. The monoisotopic (exact) mass is 324 g/mol. The number of anilines is 1. The molecule has 0 saturated heterocycles. The van der Waals surface area contributed by atoms with Crippen LogP contribution in [0.1, 0.15) is 23.9 Å². The van der Waals surface area contributed by atoms with E-state index in [4.69, 9.17) is 4.42 Å². The first-order chi connectivity index (χ1) is 11.5. The summed E-state index contributed by atoms with van der Waals surface area (Å²) >= 11 is 0. The Morgan fingerprint density at radius 3 is 2.67 bits per heavy atom. The number of furan rings is 1. The SMILES string of the molecule is Cc1nc(-c2ccccn2)nc(NCC(C)(O)c2ccco2)c1C. The van der Waals surface area contributed by atoms with Gasteiger partial charge in [-0.1, -0.05) is 6.07 Å². The van der Waals surface area contributed by atoms with E-state index in [9.17, 15) is 5.11 Å². The number of nitrogens with one attached hydrogen (secondary N) is 1. The number of aryl methyl sites for hydroxylation is 1. The Morgan fingerprint density at radius 2 is 2.00 bits per heavy atom. The highest BCUT2D eigenvalue weighted by atomic mass is 16.4. The van der Waals surface area contributed by atoms with E-state index in [0.29, 0.717) is 23.1 Å². The third-order valence-corrected chi connectivity index (χ3v) is 3.94. The predicted molar refractivity (Wildman–Crippen MR) is 91.5 cm³/mol. The topological polar surface area (TPSA) is 84.1 Å². The number of aromatic nitrogens is 3. The summed E-state index contributed by atoms with van der Waals surface area (Å²) in [5, 5.41) is 13.8. The Bertz CT molecular complexity index is 815. The molecule has 124 valence electrons. The Morgan fingerprint density at radius 1 is 1.17 bits per heavy atom. The number of pyridine rings is 1. The Kier molecular flexibility index (Phi) is 4.31. The molecule has 3 aromatic rings. The van der Waals surface area contributed by atoms with Gasteiger partial charge in [-0.25, -0.2) is 9.97 Å². The lowest BCUT2D eigenvalue weighted by atomic mass is 10.0. The summed E-state index contributed by atoms with van der Waals surface area (Å²) in [6.45, 7) is 5.84. The minimum absolute atomic E-state index is 0.263. The highest BCUT2D eigenvalue weighted by Crippen LogP contribution is 2.24. The maximum atomic E-state index is 10.6. The summed E-state index contributed by atoms with van der Waals surface area (Å²) in [7, 11) is 0. The van der Waals surface area contributed by atoms with E-state index in [1.54, 1.807) is 31.5 Å². The molecule has 24 heavy (non-hydrogen) atoms. The second-order valence-corrected chi connectivity index (χ2v) is 5.93. The van der Waals surface area contributed by atoms with Crippen molar-refractivity contribution in [1.29, 1.82) is 0 Å². The fourth-order valence-electron chi connectivity index (χ4n) is 2.34. The van der Waals surface area contributed by atoms with Gasteiger partial charge in [-0.3, -0.25) is 4.98 Å². The normalized spacial score (nSPS) is 13.5. The maximum absolute atomic E-state index is 10.6. The molecule has 0 aromatic carbocycles. The molecule has 6 heteroatoms. The van der Waals surface area contributed by atoms with Crippen molar-refractivity contribution in [3.8, 4) is 11.5 Å². The van der Waals surface area contributed by atoms with E-state index < -0.39 is 5.60 Å². The van der Waals surface area contributed by atoms with Crippen molar-refractivity contribution in [2.24, 2.45) is 0 Å². The molecule has 0 bridgehead atoms. The second kappa shape index (κ2) is 6.41. The largest absolute Gasteiger partial charge is 0.466 e. The van der Waals surface area contributed by atoms with Crippen molar-refractivity contribution in [2.75, 3.05) is 11.9 Å². The standard InChI is InChI=1S/C18H20N4O2/c1-12-13(2)21-17(14-7-4-5-9-19-14)22-16(12)20-11-18(3,23)15-8-6-10-24-15/h4-10,23H,11H2,1-3H3,(H,20,21,22). The van der Waals surface area contributed by atoms with E-state index >= 15 is 0 Å². The minimum atomic E-state index is -1.14. The number of hydrogen-bond donors (Lipinski definition) is 2. The molecule has 0 fully saturated rings. The zero-order valence-electron chi connectivity index (χ0n) is 13.9. The average Bonchev–Trinajstić information content (AvgIpc) is 3.12. The molecule has 3 heterocycles. The Hall–Kier alpha value is -2.73. The Balaban J connectivity index is 1.87. The van der Waals surface area contributed by atoms with Gasteiger partial charge in [0, 0.05) is 17.5 Å². The van der Waals surface area contributed by atoms with Crippen molar-refractivity contribution < 1.29 is 9.52 Å². The smallest absolute Gasteiger partial charge is 0.180 e. The van der Waals surface area contributed by atoms with Crippen LogP contribution in [0.25, 0.3) is 11.5 Å². The molecular formula is C18H20N4O2. The fraction of sp³-hybridized carbons (Fsp3) is 0.278. The van der Waals surface area contributed by atoms with Gasteiger partial charge in [-0.2, -0.15) is 0 Å². The average molecular weight is 324 g/mol. The molecule has 1 unspecified atom stereocenters. The molecule has 0 saturated carbocycles. The summed E-state index contributed by atoms with van der Waals surface area (Å²) in [6.07, 6.45) is 3.26. The van der Waals surface area contributed by atoms with Gasteiger partial charge in [-0.05, 0) is 45.0 Å². The molecule has 0 spiro atoms. The lowest BCUT2D eigenvalue weighted by molar-refractivity contribution is 0.0475. The van der Waals surface area contributed by atoms with Gasteiger partial charge in [0.05, 0.1) is 12.8 Å². The van der Waals surface area contributed by atoms with Crippen LogP contribution >= 0.6 is 0 Å². The number of aliphatic hydroxyl groups is 1. The minimum Gasteiger partial charge on any atom is -0.466 e. The fourth-order valence-corrected chi connectivity index (χ4v) is 2.34. The molecule has 1 atom stereocenters. The van der Waals surface area contributed by atoms with Crippen molar-refractivity contribution in [3.63, 3.8) is 0 Å². The van der Waals surface area contributed by atoms with Crippen molar-refractivity contribution in [1.82, 2.24) is 15.0 Å². The summed E-state index contributed by atoms with van der Waals surface area (Å²) in [5.74, 6) is 1.73. The van der Waals surface area contributed by atoms with Crippen LogP contribution in [0.5, 0.6) is 0 Å². The van der Waals surface area contributed by atoms with Gasteiger partial charge in [-0.15, -0.1) is 0 Å². The predicted octanol–water partition coefficient (Wildman–Crippen LogP) is 3.07. The summed E-state index contributed by atoms with van der Waals surface area (Å²) in [5.41, 5.74) is 1.37. The van der Waals surface area contributed by atoms with Crippen molar-refractivity contribution >= 4 is 5.82 Å². The van der Waals surface area contributed by atoms with Crippen LogP contribution in [0.2, 0.25) is 0 Å². The lowest BCUT2D eigenvalue weighted by Gasteiger charge is -2.22. The molecule has 0 aliphatic carbocycles. The van der Waals surface area contributed by atoms with Crippen LogP contribution in [0, 0.1) is 13.8 Å². The van der Waals surface area contributed by atoms with Gasteiger partial charge in [0.25, 0.3) is 0 Å². The van der Waals surface area contributed by atoms with Gasteiger partial charge in [0.2, 0.25) is 0 Å². The van der Waals surface area contributed by atoms with Crippen LogP contribution in [0.4, 0.5) is 5.82 Å². The van der Waals surface area contributed by atoms with Crippen molar-refractivity contribution in [2.45, 2.75) is 26.4 Å². The van der Waals surface area contributed by atoms with Crippen LogP contribution in [0.3, 0.4) is 0 Å². The van der Waals surface area contributed by atoms with E-state index in [1.807, 2.05) is 32.0 Å². The quantitative estimate of drug-likeness (QED) is 0.750. The third kappa shape index (κ3) is 3.28. The molecule has 3 aromatic heterocycles. The molecule has 0 aliphatic heterocycles. The number of rotatable bonds is 5. The summed E-state index contributed by atoms with van der Waals surface area (Å²) < 4.78 is 5.30. The van der Waals surface area contributed by atoms with E-state index in [2.05, 4.69) is 20.3 Å². The van der Waals surface area contributed by atoms with Crippen LogP contribution in [-0.4, -0.2) is 26.6 Å². The van der Waals surface area contributed by atoms with E-state index in [-0.39, 0.29) is 6.54 Å². The molecule has 0 radical (unpaired) electrons. The first kappa shape index (κ1) is 16.1. The van der Waals surface area contributed by atoms with Gasteiger partial charge in [0.1, 0.15) is 22.9 Å². The van der Waals surface area contributed by atoms with Crippen LogP contribution < -0.4 is 5.32 Å². The van der Waals surface area contributed by atoms with Crippen LogP contribution in [0.15, 0.2) is 47.2 Å². The van der Waals surface area contributed by atoms with E-state index in [0.717, 1.165) is 11.3 Å². The molecule has 3 rings (SSSR count). The maximum Gasteiger partial charge on any atom is 0.180 e. The zero-order chi connectivity index (χ0) is 17.2. The van der Waals surface area contributed by atoms with Crippen LogP contribution in [-0.2, 0) is 5.60 Å². The molecular weight excluding hydrogens is 304 g/mol.